The molecule has 0 spiro atoms. The van der Waals surface area contributed by atoms with Gasteiger partial charge in [0.05, 0.1) is 7.11 Å². The Balaban J connectivity index is 2.36. The summed E-state index contributed by atoms with van der Waals surface area (Å²) in [5.74, 6) is 0.333. The summed E-state index contributed by atoms with van der Waals surface area (Å²) in [5.41, 5.74) is 3.21. The van der Waals surface area contributed by atoms with Gasteiger partial charge in [-0.05, 0) is 25.0 Å². The molecule has 25 heavy (non-hydrogen) atoms. The molecule has 0 aliphatic rings. The third-order valence-corrected chi connectivity index (χ3v) is 4.41. The lowest BCUT2D eigenvalue weighted by Gasteiger charge is -2.15. The Hall–Kier alpha value is -2.76. The SMILES string of the molecule is COc1c(-c2c[nH]c3ccc(C)cc23)n(C)c(=O)c(CC(C)C)[n+]1[O-]. The van der Waals surface area contributed by atoms with Crippen LogP contribution in [-0.4, -0.2) is 16.7 Å². The highest BCUT2D eigenvalue weighted by Gasteiger charge is 2.28. The number of aromatic nitrogens is 3. The molecule has 0 radical (unpaired) electrons. The Morgan fingerprint density at radius 2 is 2.08 bits per heavy atom. The minimum atomic E-state index is -0.290. The van der Waals surface area contributed by atoms with Gasteiger partial charge in [0.15, 0.2) is 5.69 Å². The summed E-state index contributed by atoms with van der Waals surface area (Å²) in [4.78, 5) is 16.0. The highest BCUT2D eigenvalue weighted by atomic mass is 16.5. The van der Waals surface area contributed by atoms with Crippen LogP contribution in [0.3, 0.4) is 0 Å². The lowest BCUT2D eigenvalue weighted by molar-refractivity contribution is -0.622. The fourth-order valence-corrected chi connectivity index (χ4v) is 3.21. The van der Waals surface area contributed by atoms with Crippen molar-refractivity contribution in [3.8, 4) is 17.1 Å². The zero-order valence-corrected chi connectivity index (χ0v) is 15.2. The van der Waals surface area contributed by atoms with Crippen LogP contribution in [0.5, 0.6) is 5.88 Å². The van der Waals surface area contributed by atoms with Crippen molar-refractivity contribution in [3.63, 3.8) is 0 Å². The zero-order valence-electron chi connectivity index (χ0n) is 15.2. The van der Waals surface area contributed by atoms with Gasteiger partial charge in [0.2, 0.25) is 0 Å². The Morgan fingerprint density at radius 1 is 1.36 bits per heavy atom. The largest absolute Gasteiger partial charge is 0.616 e. The molecule has 0 aliphatic heterocycles. The van der Waals surface area contributed by atoms with Gasteiger partial charge in [0, 0.05) is 36.1 Å². The van der Waals surface area contributed by atoms with E-state index in [0.29, 0.717) is 16.8 Å². The minimum Gasteiger partial charge on any atom is -0.616 e. The molecule has 0 aliphatic carbocycles. The van der Waals surface area contributed by atoms with Crippen LogP contribution in [0.25, 0.3) is 22.2 Å². The van der Waals surface area contributed by atoms with Crippen LogP contribution < -0.4 is 15.0 Å². The van der Waals surface area contributed by atoms with E-state index in [9.17, 15) is 10.0 Å². The molecule has 0 saturated carbocycles. The van der Waals surface area contributed by atoms with Crippen LogP contribution in [0.2, 0.25) is 0 Å². The summed E-state index contributed by atoms with van der Waals surface area (Å²) in [5, 5.41) is 13.7. The predicted molar refractivity (Wildman–Crippen MR) is 97.8 cm³/mol. The van der Waals surface area contributed by atoms with Gasteiger partial charge in [-0.25, -0.2) is 0 Å². The number of rotatable bonds is 4. The van der Waals surface area contributed by atoms with Crippen molar-refractivity contribution in [1.82, 2.24) is 9.55 Å². The van der Waals surface area contributed by atoms with Gasteiger partial charge in [0.1, 0.15) is 0 Å². The topological polar surface area (TPSA) is 74.0 Å². The first-order valence-electron chi connectivity index (χ1n) is 8.32. The first-order chi connectivity index (χ1) is 11.8. The summed E-state index contributed by atoms with van der Waals surface area (Å²) >= 11 is 0. The molecule has 0 amide bonds. The number of nitrogens with zero attached hydrogens (tertiary/aromatic N) is 2. The Kier molecular flexibility index (Phi) is 4.29. The molecule has 2 heterocycles. The monoisotopic (exact) mass is 341 g/mol. The van der Waals surface area contributed by atoms with Crippen LogP contribution in [-0.2, 0) is 13.5 Å². The molecule has 0 bridgehead atoms. The first-order valence-corrected chi connectivity index (χ1v) is 8.32. The van der Waals surface area contributed by atoms with Crippen molar-refractivity contribution < 1.29 is 9.47 Å². The fourth-order valence-electron chi connectivity index (χ4n) is 3.21. The number of aromatic amines is 1. The number of hydrogen-bond donors (Lipinski definition) is 1. The van der Waals surface area contributed by atoms with Crippen molar-refractivity contribution >= 4 is 10.9 Å². The molecule has 6 heteroatoms. The van der Waals surface area contributed by atoms with E-state index in [1.807, 2.05) is 45.2 Å². The van der Waals surface area contributed by atoms with E-state index in [-0.39, 0.29) is 23.1 Å². The average molecular weight is 341 g/mol. The van der Waals surface area contributed by atoms with Gasteiger partial charge in [-0.15, -0.1) is 4.73 Å². The quantitative estimate of drug-likeness (QED) is 0.586. The second-order valence-corrected chi connectivity index (χ2v) is 6.81. The molecule has 1 N–H and O–H groups in total. The van der Waals surface area contributed by atoms with Crippen LogP contribution in [0.15, 0.2) is 29.2 Å². The van der Waals surface area contributed by atoms with Gasteiger partial charge < -0.3 is 14.9 Å². The predicted octanol–water partition coefficient (Wildman–Crippen LogP) is 2.68. The number of fused-ring (bicyclic) bond motifs is 1. The van der Waals surface area contributed by atoms with E-state index in [4.69, 9.17) is 4.74 Å². The lowest BCUT2D eigenvalue weighted by atomic mass is 10.1. The van der Waals surface area contributed by atoms with Gasteiger partial charge in [0.25, 0.3) is 5.69 Å². The Labute approximate surface area is 146 Å². The molecule has 0 fully saturated rings. The van der Waals surface area contributed by atoms with Crippen molar-refractivity contribution in [2.75, 3.05) is 7.11 Å². The maximum absolute atomic E-state index is 12.8. The molecule has 6 nitrogen and oxygen atoms in total. The molecule has 0 atom stereocenters. The molecule has 1 aromatic carbocycles. The summed E-state index contributed by atoms with van der Waals surface area (Å²) in [7, 11) is 3.13. The number of H-pyrrole nitrogens is 1. The maximum Gasteiger partial charge on any atom is 0.404 e. The molecule has 3 aromatic rings. The van der Waals surface area contributed by atoms with Crippen LogP contribution >= 0.6 is 0 Å². The van der Waals surface area contributed by atoms with Gasteiger partial charge in [-0.2, -0.15) is 0 Å². The van der Waals surface area contributed by atoms with Crippen molar-refractivity contribution in [1.29, 1.82) is 0 Å². The standard InChI is InChI=1S/C19H23N3O3/c1-11(2)8-16-18(23)21(4)17(19(25-5)22(16)24)14-10-20-15-7-6-12(3)9-13(14)15/h6-7,9-11,20H,8H2,1-5H3. The third-order valence-electron chi connectivity index (χ3n) is 4.41. The maximum atomic E-state index is 12.8. The second-order valence-electron chi connectivity index (χ2n) is 6.81. The first kappa shape index (κ1) is 17.1. The molecule has 132 valence electrons. The average Bonchev–Trinajstić information content (AvgIpc) is 2.97. The molecular formula is C19H23N3O3. The smallest absolute Gasteiger partial charge is 0.404 e. The highest BCUT2D eigenvalue weighted by molar-refractivity contribution is 5.95. The summed E-state index contributed by atoms with van der Waals surface area (Å²) in [6, 6.07) is 6.03. The van der Waals surface area contributed by atoms with Gasteiger partial charge in [-0.3, -0.25) is 9.36 Å². The van der Waals surface area contributed by atoms with Crippen molar-refractivity contribution in [2.45, 2.75) is 27.2 Å². The van der Waals surface area contributed by atoms with Crippen LogP contribution in [0.4, 0.5) is 0 Å². The zero-order chi connectivity index (χ0) is 18.3. The number of ether oxygens (including phenoxy) is 1. The summed E-state index contributed by atoms with van der Waals surface area (Å²) < 4.78 is 7.57. The van der Waals surface area contributed by atoms with Crippen LogP contribution in [0.1, 0.15) is 25.1 Å². The van der Waals surface area contributed by atoms with Crippen LogP contribution in [0, 0.1) is 18.0 Å². The summed E-state index contributed by atoms with van der Waals surface area (Å²) in [6.45, 7) is 5.95. The van der Waals surface area contributed by atoms with E-state index >= 15 is 0 Å². The Morgan fingerprint density at radius 3 is 2.72 bits per heavy atom. The number of methoxy groups -OCH3 is 1. The van der Waals surface area contributed by atoms with E-state index in [2.05, 4.69) is 4.98 Å². The van der Waals surface area contributed by atoms with E-state index in [1.165, 1.54) is 11.7 Å². The normalized spacial score (nSPS) is 11.4. The van der Waals surface area contributed by atoms with Gasteiger partial charge >= 0.3 is 11.4 Å². The van der Waals surface area contributed by atoms with Crippen molar-refractivity contribution in [3.05, 3.63) is 51.2 Å². The minimum absolute atomic E-state index is 0.139. The second kappa shape index (κ2) is 6.27. The van der Waals surface area contributed by atoms with E-state index in [0.717, 1.165) is 22.0 Å². The molecule has 3 rings (SSSR count). The summed E-state index contributed by atoms with van der Waals surface area (Å²) in [6.07, 6.45) is 2.21. The highest BCUT2D eigenvalue weighted by Crippen LogP contribution is 2.33. The third kappa shape index (κ3) is 2.77. The van der Waals surface area contributed by atoms with Gasteiger partial charge in [-0.1, -0.05) is 25.5 Å². The molecule has 2 aromatic heterocycles. The molecular weight excluding hydrogens is 318 g/mol. The fraction of sp³-hybridized carbons (Fsp3) is 0.368. The number of aryl methyl sites for hydroxylation is 1. The number of nitrogens with one attached hydrogen (secondary N) is 1. The van der Waals surface area contributed by atoms with E-state index in [1.54, 1.807) is 7.05 Å². The number of hydrogen-bond acceptors (Lipinski definition) is 3. The van der Waals surface area contributed by atoms with Crippen molar-refractivity contribution in [2.24, 2.45) is 13.0 Å². The molecule has 0 unspecified atom stereocenters. The van der Waals surface area contributed by atoms with E-state index < -0.39 is 0 Å². The Bertz CT molecular complexity index is 999. The molecule has 0 saturated heterocycles. The number of benzene rings is 1. The lowest BCUT2D eigenvalue weighted by Crippen LogP contribution is -2.44.